The van der Waals surface area contributed by atoms with Gasteiger partial charge in [-0.15, -0.1) is 0 Å². The van der Waals surface area contributed by atoms with E-state index in [-0.39, 0.29) is 5.41 Å². The molecule has 0 aromatic heterocycles. The third kappa shape index (κ3) is 1.09. The van der Waals surface area contributed by atoms with Gasteiger partial charge in [-0.05, 0) is 30.9 Å². The average Bonchev–Trinajstić information content (AvgIpc) is 2.86. The zero-order valence-corrected chi connectivity index (χ0v) is 9.91. The normalized spacial score (nSPS) is 38.2. The van der Waals surface area contributed by atoms with E-state index in [4.69, 9.17) is 4.74 Å². The molecule has 17 heavy (non-hydrogen) atoms. The lowest BCUT2D eigenvalue weighted by atomic mass is 9.65. The zero-order chi connectivity index (χ0) is 11.5. The molecule has 3 aliphatic rings. The fraction of sp³-hybridized carbons (Fsp3) is 0.467. The van der Waals surface area contributed by atoms with E-state index in [9.17, 15) is 0 Å². The number of anilines is 1. The highest BCUT2D eigenvalue weighted by molar-refractivity contribution is 5.64. The van der Waals surface area contributed by atoms with Gasteiger partial charge in [-0.2, -0.15) is 0 Å². The van der Waals surface area contributed by atoms with Crippen molar-refractivity contribution in [3.63, 3.8) is 0 Å². The predicted molar refractivity (Wildman–Crippen MR) is 68.3 cm³/mol. The van der Waals surface area contributed by atoms with Gasteiger partial charge in [0.2, 0.25) is 0 Å². The maximum atomic E-state index is 5.99. The van der Waals surface area contributed by atoms with Gasteiger partial charge in [0, 0.05) is 23.8 Å². The Labute approximate surface area is 102 Å². The molecule has 4 rings (SSSR count). The monoisotopic (exact) mass is 227 g/mol. The van der Waals surface area contributed by atoms with Gasteiger partial charge in [0.15, 0.2) is 0 Å². The van der Waals surface area contributed by atoms with Gasteiger partial charge in [0.05, 0.1) is 6.10 Å². The van der Waals surface area contributed by atoms with Crippen molar-refractivity contribution in [1.29, 1.82) is 0 Å². The van der Waals surface area contributed by atoms with E-state index >= 15 is 0 Å². The van der Waals surface area contributed by atoms with Crippen LogP contribution in [0.15, 0.2) is 36.4 Å². The highest BCUT2D eigenvalue weighted by Gasteiger charge is 2.57. The molecule has 0 radical (unpaired) electrons. The fourth-order valence-corrected chi connectivity index (χ4v) is 4.01. The molecule has 0 amide bonds. The summed E-state index contributed by atoms with van der Waals surface area (Å²) in [5.74, 6) is 0. The van der Waals surface area contributed by atoms with Gasteiger partial charge in [0.1, 0.15) is 0 Å². The summed E-state index contributed by atoms with van der Waals surface area (Å²) >= 11 is 0. The summed E-state index contributed by atoms with van der Waals surface area (Å²) in [5.41, 5.74) is 4.33. The molecule has 1 spiro atoms. The highest BCUT2D eigenvalue weighted by atomic mass is 16.5. The number of hydrogen-bond donors (Lipinski definition) is 1. The summed E-state index contributed by atoms with van der Waals surface area (Å²) in [6.45, 7) is 5.07. The number of para-hydroxylation sites is 1. The Morgan fingerprint density at radius 1 is 1.29 bits per heavy atom. The summed E-state index contributed by atoms with van der Waals surface area (Å²) in [6.07, 6.45) is 3.62. The van der Waals surface area contributed by atoms with Crippen LogP contribution in [0.5, 0.6) is 0 Å². The van der Waals surface area contributed by atoms with Crippen LogP contribution in [0, 0.1) is 0 Å². The number of rotatable bonds is 0. The van der Waals surface area contributed by atoms with Crippen molar-refractivity contribution in [2.45, 2.75) is 36.8 Å². The summed E-state index contributed by atoms with van der Waals surface area (Å²) in [4.78, 5) is 0. The molecule has 1 saturated heterocycles. The molecule has 0 unspecified atom stereocenters. The SMILES string of the molecule is C=C1C[C@@H]2Nc3ccccc3[C@@]23CCO[C@@H]3C1. The molecular formula is C15H17NO. The summed E-state index contributed by atoms with van der Waals surface area (Å²) in [6, 6.07) is 9.22. The standard InChI is InChI=1S/C15H17NO/c1-10-8-13-15(6-7-17-14(15)9-10)11-4-2-3-5-12(11)16-13/h2-5,13-14,16H,1,6-9H2/t13-,14+,15-/m0/s1. The van der Waals surface area contributed by atoms with Crippen LogP contribution >= 0.6 is 0 Å². The van der Waals surface area contributed by atoms with Crippen molar-refractivity contribution in [2.24, 2.45) is 0 Å². The fourth-order valence-electron chi connectivity index (χ4n) is 4.01. The Balaban J connectivity index is 1.90. The maximum Gasteiger partial charge on any atom is 0.0730 e. The van der Waals surface area contributed by atoms with E-state index in [1.165, 1.54) is 16.8 Å². The first-order chi connectivity index (χ1) is 8.30. The van der Waals surface area contributed by atoms with E-state index in [1.807, 2.05) is 0 Å². The lowest BCUT2D eigenvalue weighted by Gasteiger charge is -2.41. The molecule has 2 heteroatoms. The van der Waals surface area contributed by atoms with Gasteiger partial charge >= 0.3 is 0 Å². The van der Waals surface area contributed by atoms with Gasteiger partial charge < -0.3 is 10.1 Å². The Morgan fingerprint density at radius 3 is 3.12 bits per heavy atom. The first-order valence-corrected chi connectivity index (χ1v) is 6.45. The molecule has 2 nitrogen and oxygen atoms in total. The number of ether oxygens (including phenoxy) is 1. The molecule has 1 saturated carbocycles. The van der Waals surface area contributed by atoms with Crippen molar-refractivity contribution in [1.82, 2.24) is 0 Å². The molecule has 1 aromatic carbocycles. The Bertz CT molecular complexity index is 495. The molecule has 2 fully saturated rings. The van der Waals surface area contributed by atoms with Crippen LogP contribution in [0.4, 0.5) is 5.69 Å². The van der Waals surface area contributed by atoms with Crippen LogP contribution in [0.3, 0.4) is 0 Å². The molecular weight excluding hydrogens is 210 g/mol. The first kappa shape index (κ1) is 9.72. The zero-order valence-electron chi connectivity index (χ0n) is 9.91. The van der Waals surface area contributed by atoms with E-state index in [1.54, 1.807) is 0 Å². The van der Waals surface area contributed by atoms with E-state index in [2.05, 4.69) is 36.2 Å². The number of benzene rings is 1. The minimum atomic E-state index is 0.220. The quantitative estimate of drug-likeness (QED) is 0.688. The molecule has 2 aliphatic heterocycles. The third-order valence-electron chi connectivity index (χ3n) is 4.76. The Morgan fingerprint density at radius 2 is 2.18 bits per heavy atom. The van der Waals surface area contributed by atoms with Gasteiger partial charge in [-0.1, -0.05) is 30.4 Å². The maximum absolute atomic E-state index is 5.99. The second-order valence-electron chi connectivity index (χ2n) is 5.55. The van der Waals surface area contributed by atoms with E-state index in [0.717, 1.165) is 25.9 Å². The van der Waals surface area contributed by atoms with Crippen LogP contribution in [-0.4, -0.2) is 18.8 Å². The predicted octanol–water partition coefficient (Wildman–Crippen LogP) is 2.86. The van der Waals surface area contributed by atoms with Gasteiger partial charge in [-0.25, -0.2) is 0 Å². The van der Waals surface area contributed by atoms with E-state index < -0.39 is 0 Å². The van der Waals surface area contributed by atoms with Crippen LogP contribution in [0.25, 0.3) is 0 Å². The molecule has 1 aliphatic carbocycles. The second kappa shape index (κ2) is 3.14. The van der Waals surface area contributed by atoms with Crippen molar-refractivity contribution in [3.8, 4) is 0 Å². The lowest BCUT2D eigenvalue weighted by molar-refractivity contribution is 0.0643. The first-order valence-electron chi connectivity index (χ1n) is 6.45. The summed E-state index contributed by atoms with van der Waals surface area (Å²) in [7, 11) is 0. The average molecular weight is 227 g/mol. The summed E-state index contributed by atoms with van der Waals surface area (Å²) < 4.78 is 5.99. The van der Waals surface area contributed by atoms with Gasteiger partial charge in [-0.3, -0.25) is 0 Å². The molecule has 3 atom stereocenters. The van der Waals surface area contributed by atoms with Crippen molar-refractivity contribution < 1.29 is 4.74 Å². The van der Waals surface area contributed by atoms with E-state index in [0.29, 0.717) is 12.1 Å². The topological polar surface area (TPSA) is 21.3 Å². The molecule has 1 N–H and O–H groups in total. The minimum absolute atomic E-state index is 0.220. The number of fused-ring (bicyclic) bond motifs is 1. The number of nitrogens with one attached hydrogen (secondary N) is 1. The van der Waals surface area contributed by atoms with Crippen molar-refractivity contribution in [2.75, 3.05) is 11.9 Å². The van der Waals surface area contributed by atoms with Crippen LogP contribution in [-0.2, 0) is 10.2 Å². The van der Waals surface area contributed by atoms with Crippen LogP contribution < -0.4 is 5.32 Å². The highest BCUT2D eigenvalue weighted by Crippen LogP contribution is 2.55. The van der Waals surface area contributed by atoms with Crippen molar-refractivity contribution in [3.05, 3.63) is 42.0 Å². The molecule has 2 heterocycles. The number of hydrogen-bond acceptors (Lipinski definition) is 2. The smallest absolute Gasteiger partial charge is 0.0730 e. The molecule has 0 bridgehead atoms. The van der Waals surface area contributed by atoms with Crippen molar-refractivity contribution >= 4 is 5.69 Å². The molecule has 1 aromatic rings. The van der Waals surface area contributed by atoms with Gasteiger partial charge in [0.25, 0.3) is 0 Å². The molecule has 88 valence electrons. The summed E-state index contributed by atoms with van der Waals surface area (Å²) in [5, 5.41) is 3.69. The van der Waals surface area contributed by atoms with Crippen LogP contribution in [0.2, 0.25) is 0 Å². The van der Waals surface area contributed by atoms with Crippen LogP contribution in [0.1, 0.15) is 24.8 Å². The Kier molecular flexibility index (Phi) is 1.79. The second-order valence-corrected chi connectivity index (χ2v) is 5.55. The third-order valence-corrected chi connectivity index (χ3v) is 4.76. The lowest BCUT2D eigenvalue weighted by Crippen LogP contribution is -2.49. The largest absolute Gasteiger partial charge is 0.381 e. The Hall–Kier alpha value is -1.28. The minimum Gasteiger partial charge on any atom is -0.381 e.